The van der Waals surface area contributed by atoms with E-state index in [1.165, 1.54) is 17.3 Å². The first kappa shape index (κ1) is 18.6. The molecule has 26 heavy (non-hydrogen) atoms. The van der Waals surface area contributed by atoms with Crippen LogP contribution in [-0.2, 0) is 14.6 Å². The highest BCUT2D eigenvalue weighted by Crippen LogP contribution is 2.19. The number of anilines is 1. The maximum atomic E-state index is 12.5. The molecule has 1 aromatic rings. The van der Waals surface area contributed by atoms with Crippen LogP contribution in [0, 0.1) is 0 Å². The van der Waals surface area contributed by atoms with Crippen molar-refractivity contribution in [1.29, 1.82) is 0 Å². The smallest absolute Gasteiger partial charge is 0.257 e. The van der Waals surface area contributed by atoms with Crippen LogP contribution in [0.25, 0.3) is 0 Å². The Kier molecular flexibility index (Phi) is 5.12. The second kappa shape index (κ2) is 7.18. The summed E-state index contributed by atoms with van der Waals surface area (Å²) in [6.45, 7) is 4.09. The zero-order valence-corrected chi connectivity index (χ0v) is 15.8. The molecule has 3 heterocycles. The monoisotopic (exact) mass is 381 g/mol. The van der Waals surface area contributed by atoms with E-state index in [1.54, 1.807) is 18.9 Å². The third-order valence-corrected chi connectivity index (χ3v) is 6.72. The van der Waals surface area contributed by atoms with Gasteiger partial charge in [-0.05, 0) is 6.42 Å². The Bertz CT molecular complexity index is 787. The Hall–Kier alpha value is -2.23. The van der Waals surface area contributed by atoms with E-state index >= 15 is 0 Å². The zero-order chi connectivity index (χ0) is 18.9. The van der Waals surface area contributed by atoms with Gasteiger partial charge >= 0.3 is 0 Å². The van der Waals surface area contributed by atoms with Crippen LogP contribution in [0.15, 0.2) is 12.4 Å². The summed E-state index contributed by atoms with van der Waals surface area (Å²) in [5, 5.41) is 0. The lowest BCUT2D eigenvalue weighted by atomic mass is 10.2. The SMILES string of the molecule is CC(=O)N1CCN(c2ncc(C(=O)N(C)C3CCS(=O)(=O)C3)cn2)CC1. The molecule has 2 aliphatic rings. The first-order valence-electron chi connectivity index (χ1n) is 8.57. The topological polar surface area (TPSA) is 104 Å². The summed E-state index contributed by atoms with van der Waals surface area (Å²) in [5.74, 6) is 0.436. The van der Waals surface area contributed by atoms with Gasteiger partial charge < -0.3 is 14.7 Å². The van der Waals surface area contributed by atoms with Crippen molar-refractivity contribution in [3.05, 3.63) is 18.0 Å². The molecule has 2 fully saturated rings. The van der Waals surface area contributed by atoms with Gasteiger partial charge in [0.2, 0.25) is 11.9 Å². The Morgan fingerprint density at radius 1 is 1.15 bits per heavy atom. The first-order chi connectivity index (χ1) is 12.3. The van der Waals surface area contributed by atoms with Gasteiger partial charge in [0.25, 0.3) is 5.91 Å². The molecule has 1 aromatic heterocycles. The minimum Gasteiger partial charge on any atom is -0.339 e. The summed E-state index contributed by atoms with van der Waals surface area (Å²) in [6.07, 6.45) is 3.41. The number of hydrogen-bond acceptors (Lipinski definition) is 7. The molecule has 1 unspecified atom stereocenters. The van der Waals surface area contributed by atoms with Crippen LogP contribution in [0.2, 0.25) is 0 Å². The lowest BCUT2D eigenvalue weighted by Crippen LogP contribution is -2.48. The summed E-state index contributed by atoms with van der Waals surface area (Å²) < 4.78 is 23.2. The van der Waals surface area contributed by atoms with Crippen molar-refractivity contribution in [2.45, 2.75) is 19.4 Å². The number of aromatic nitrogens is 2. The highest BCUT2D eigenvalue weighted by Gasteiger charge is 2.33. The maximum Gasteiger partial charge on any atom is 0.257 e. The molecule has 0 aliphatic carbocycles. The van der Waals surface area contributed by atoms with Crippen LogP contribution >= 0.6 is 0 Å². The highest BCUT2D eigenvalue weighted by atomic mass is 32.2. The average Bonchev–Trinajstić information content (AvgIpc) is 3.00. The average molecular weight is 381 g/mol. The number of sulfone groups is 1. The molecule has 0 bridgehead atoms. The molecule has 2 amide bonds. The van der Waals surface area contributed by atoms with Crippen molar-refractivity contribution in [1.82, 2.24) is 19.8 Å². The van der Waals surface area contributed by atoms with E-state index in [1.807, 2.05) is 4.90 Å². The molecule has 142 valence electrons. The summed E-state index contributed by atoms with van der Waals surface area (Å²) in [6, 6.07) is -0.299. The molecule has 0 spiro atoms. The van der Waals surface area contributed by atoms with Crippen LogP contribution in [0.1, 0.15) is 23.7 Å². The fourth-order valence-corrected chi connectivity index (χ4v) is 5.04. The van der Waals surface area contributed by atoms with Crippen molar-refractivity contribution < 1.29 is 18.0 Å². The van der Waals surface area contributed by atoms with E-state index in [2.05, 4.69) is 9.97 Å². The van der Waals surface area contributed by atoms with Crippen LogP contribution < -0.4 is 4.90 Å². The van der Waals surface area contributed by atoms with Gasteiger partial charge in [-0.2, -0.15) is 0 Å². The van der Waals surface area contributed by atoms with Gasteiger partial charge in [0, 0.05) is 58.6 Å². The molecule has 3 rings (SSSR count). The molecule has 0 N–H and O–H groups in total. The number of carbonyl (C=O) groups excluding carboxylic acids is 2. The number of piperazine rings is 1. The molecule has 10 heteroatoms. The Morgan fingerprint density at radius 2 is 1.77 bits per heavy atom. The van der Waals surface area contributed by atoms with Crippen LogP contribution in [0.4, 0.5) is 5.95 Å². The van der Waals surface area contributed by atoms with E-state index in [4.69, 9.17) is 0 Å². The molecule has 2 aliphatic heterocycles. The van der Waals surface area contributed by atoms with Gasteiger partial charge in [0.1, 0.15) is 0 Å². The van der Waals surface area contributed by atoms with Crippen molar-refractivity contribution in [2.24, 2.45) is 0 Å². The molecule has 2 saturated heterocycles. The summed E-state index contributed by atoms with van der Waals surface area (Å²) >= 11 is 0. The number of carbonyl (C=O) groups is 2. The summed E-state index contributed by atoms with van der Waals surface area (Å²) in [4.78, 5) is 37.7. The predicted molar refractivity (Wildman–Crippen MR) is 95.7 cm³/mol. The van der Waals surface area contributed by atoms with Crippen LogP contribution in [0.5, 0.6) is 0 Å². The molecule has 9 nitrogen and oxygen atoms in total. The Labute approximate surface area is 152 Å². The van der Waals surface area contributed by atoms with Gasteiger partial charge in [-0.15, -0.1) is 0 Å². The van der Waals surface area contributed by atoms with E-state index in [0.29, 0.717) is 44.1 Å². The lowest BCUT2D eigenvalue weighted by molar-refractivity contribution is -0.129. The zero-order valence-electron chi connectivity index (χ0n) is 15.0. The third-order valence-electron chi connectivity index (χ3n) is 4.97. The van der Waals surface area contributed by atoms with Gasteiger partial charge in [-0.25, -0.2) is 18.4 Å². The number of nitrogens with zero attached hydrogens (tertiary/aromatic N) is 5. The first-order valence-corrected chi connectivity index (χ1v) is 10.4. The van der Waals surface area contributed by atoms with Crippen molar-refractivity contribution in [3.8, 4) is 0 Å². The number of hydrogen-bond donors (Lipinski definition) is 0. The molecular weight excluding hydrogens is 358 g/mol. The molecule has 0 saturated carbocycles. The second-order valence-corrected chi connectivity index (χ2v) is 8.97. The standard InChI is InChI=1S/C16H23N5O4S/c1-12(22)20-4-6-21(7-5-20)16-17-9-13(10-18-16)15(23)19(2)14-3-8-26(24,25)11-14/h9-10,14H,3-8,11H2,1-2H3. The molecular formula is C16H23N5O4S. The summed E-state index contributed by atoms with van der Waals surface area (Å²) in [5.41, 5.74) is 0.336. The third kappa shape index (κ3) is 3.95. The molecule has 0 radical (unpaired) electrons. The number of rotatable bonds is 3. The van der Waals surface area contributed by atoms with Gasteiger partial charge in [0.05, 0.1) is 17.1 Å². The second-order valence-electron chi connectivity index (χ2n) is 6.74. The van der Waals surface area contributed by atoms with Crippen molar-refractivity contribution >= 4 is 27.6 Å². The normalized spacial score (nSPS) is 22.3. The number of amides is 2. The van der Waals surface area contributed by atoms with Gasteiger partial charge in [0.15, 0.2) is 9.84 Å². The minimum atomic E-state index is -3.05. The maximum absolute atomic E-state index is 12.5. The largest absolute Gasteiger partial charge is 0.339 e. The van der Waals surface area contributed by atoms with E-state index in [-0.39, 0.29) is 29.4 Å². The van der Waals surface area contributed by atoms with Gasteiger partial charge in [-0.3, -0.25) is 9.59 Å². The van der Waals surface area contributed by atoms with Crippen LogP contribution in [-0.4, -0.2) is 90.8 Å². The van der Waals surface area contributed by atoms with Crippen molar-refractivity contribution in [2.75, 3.05) is 49.6 Å². The summed E-state index contributed by atoms with van der Waals surface area (Å²) in [7, 11) is -1.43. The van der Waals surface area contributed by atoms with Gasteiger partial charge in [-0.1, -0.05) is 0 Å². The fourth-order valence-electron chi connectivity index (χ4n) is 3.27. The predicted octanol–water partition coefficient (Wildman–Crippen LogP) is -0.596. The van der Waals surface area contributed by atoms with E-state index in [0.717, 1.165) is 0 Å². The molecule has 0 aromatic carbocycles. The molecule has 1 atom stereocenters. The highest BCUT2D eigenvalue weighted by molar-refractivity contribution is 7.91. The fraction of sp³-hybridized carbons (Fsp3) is 0.625. The minimum absolute atomic E-state index is 0.00854. The Morgan fingerprint density at radius 3 is 2.27 bits per heavy atom. The lowest BCUT2D eigenvalue weighted by Gasteiger charge is -2.34. The quantitative estimate of drug-likeness (QED) is 0.689. The Balaban J connectivity index is 1.62. The van der Waals surface area contributed by atoms with Crippen molar-refractivity contribution in [3.63, 3.8) is 0 Å². The van der Waals surface area contributed by atoms with Crippen LogP contribution in [0.3, 0.4) is 0 Å². The van der Waals surface area contributed by atoms with E-state index < -0.39 is 9.84 Å². The van der Waals surface area contributed by atoms with E-state index in [9.17, 15) is 18.0 Å².